The lowest BCUT2D eigenvalue weighted by molar-refractivity contribution is 1.20. The van der Waals surface area contributed by atoms with Crippen LogP contribution in [0.2, 0.25) is 0 Å². The van der Waals surface area contributed by atoms with E-state index >= 15 is 0 Å². The Morgan fingerprint density at radius 2 is 1.85 bits per heavy atom. The molecule has 27 heavy (non-hydrogen) atoms. The predicted molar refractivity (Wildman–Crippen MR) is 113 cm³/mol. The summed E-state index contributed by atoms with van der Waals surface area (Å²) in [6, 6.07) is 18.0. The van der Waals surface area contributed by atoms with Crippen molar-refractivity contribution in [2.45, 2.75) is 13.8 Å². The van der Waals surface area contributed by atoms with Crippen LogP contribution >= 0.6 is 11.3 Å². The lowest BCUT2D eigenvalue weighted by atomic mass is 10.1. The molecule has 0 radical (unpaired) electrons. The maximum atomic E-state index is 6.51. The topological polar surface area (TPSA) is 67.4 Å². The van der Waals surface area contributed by atoms with Gasteiger partial charge in [-0.1, -0.05) is 36.4 Å². The molecule has 0 aliphatic heterocycles. The summed E-state index contributed by atoms with van der Waals surface area (Å²) in [6.45, 7) is 4.00. The molecule has 0 saturated heterocycles. The van der Waals surface area contributed by atoms with Gasteiger partial charge in [-0.3, -0.25) is 9.88 Å². The lowest BCUT2D eigenvalue weighted by Crippen LogP contribution is -2.33. The number of rotatable bonds is 3. The molecule has 2 N–H and O–H groups in total. The van der Waals surface area contributed by atoms with Crippen molar-refractivity contribution in [1.29, 1.82) is 0 Å². The van der Waals surface area contributed by atoms with Crippen molar-refractivity contribution in [2.75, 3.05) is 4.90 Å². The number of thiazole rings is 1. The summed E-state index contributed by atoms with van der Waals surface area (Å²) < 4.78 is 0. The Morgan fingerprint density at radius 3 is 2.63 bits per heavy atom. The SMILES string of the molecule is Cc1cc(N(C(N)=Nc2ccccc2C)c2nccs2)c2ccccc2n1. The molecule has 2 aromatic heterocycles. The van der Waals surface area contributed by atoms with Gasteiger partial charge in [0, 0.05) is 22.7 Å². The number of guanidine groups is 1. The molecule has 2 aromatic carbocycles. The molecule has 6 heteroatoms. The number of hydrogen-bond donors (Lipinski definition) is 1. The minimum atomic E-state index is 0.370. The lowest BCUT2D eigenvalue weighted by Gasteiger charge is -2.23. The van der Waals surface area contributed by atoms with Crippen molar-refractivity contribution >= 4 is 44.7 Å². The van der Waals surface area contributed by atoms with Crippen LogP contribution in [-0.4, -0.2) is 15.9 Å². The number of para-hydroxylation sites is 2. The van der Waals surface area contributed by atoms with Gasteiger partial charge in [-0.2, -0.15) is 0 Å². The van der Waals surface area contributed by atoms with Crippen molar-refractivity contribution in [3.63, 3.8) is 0 Å². The number of hydrogen-bond acceptors (Lipinski definition) is 4. The van der Waals surface area contributed by atoms with Crippen LogP contribution in [0.3, 0.4) is 0 Å². The highest BCUT2D eigenvalue weighted by molar-refractivity contribution is 7.13. The molecule has 5 nitrogen and oxygen atoms in total. The summed E-state index contributed by atoms with van der Waals surface area (Å²) in [5.41, 5.74) is 11.2. The van der Waals surface area contributed by atoms with Gasteiger partial charge >= 0.3 is 0 Å². The van der Waals surface area contributed by atoms with Crippen LogP contribution in [0.25, 0.3) is 10.9 Å². The van der Waals surface area contributed by atoms with Crippen molar-refractivity contribution < 1.29 is 0 Å². The van der Waals surface area contributed by atoms with Gasteiger partial charge in [-0.25, -0.2) is 9.98 Å². The van der Waals surface area contributed by atoms with Gasteiger partial charge < -0.3 is 5.73 Å². The van der Waals surface area contributed by atoms with Crippen molar-refractivity contribution in [1.82, 2.24) is 9.97 Å². The molecular weight excluding hydrogens is 354 g/mol. The Labute approximate surface area is 161 Å². The molecule has 0 fully saturated rings. The number of aromatic nitrogens is 2. The zero-order chi connectivity index (χ0) is 18.8. The Balaban J connectivity index is 1.93. The van der Waals surface area contributed by atoms with Gasteiger partial charge in [0.2, 0.25) is 5.96 Å². The second kappa shape index (κ2) is 7.17. The Kier molecular flexibility index (Phi) is 4.56. The number of anilines is 2. The molecule has 134 valence electrons. The molecule has 4 rings (SSSR count). The monoisotopic (exact) mass is 373 g/mol. The molecule has 2 heterocycles. The maximum absolute atomic E-state index is 6.51. The fourth-order valence-electron chi connectivity index (χ4n) is 2.98. The second-order valence-corrected chi connectivity index (χ2v) is 7.08. The molecule has 0 saturated carbocycles. The molecule has 0 bridgehead atoms. The minimum Gasteiger partial charge on any atom is -0.369 e. The second-order valence-electron chi connectivity index (χ2n) is 6.21. The maximum Gasteiger partial charge on any atom is 0.207 e. The van der Waals surface area contributed by atoms with E-state index in [0.29, 0.717) is 5.96 Å². The third-order valence-electron chi connectivity index (χ3n) is 4.25. The fraction of sp³-hybridized carbons (Fsp3) is 0.0952. The normalized spacial score (nSPS) is 11.7. The van der Waals surface area contributed by atoms with Gasteiger partial charge in [-0.15, -0.1) is 11.3 Å². The smallest absolute Gasteiger partial charge is 0.207 e. The van der Waals surface area contributed by atoms with Crippen LogP contribution in [0.15, 0.2) is 71.2 Å². The largest absolute Gasteiger partial charge is 0.369 e. The molecule has 0 atom stereocenters. The zero-order valence-corrected chi connectivity index (χ0v) is 15.9. The first-order valence-corrected chi connectivity index (χ1v) is 9.47. The van der Waals surface area contributed by atoms with Gasteiger partial charge in [-0.05, 0) is 37.6 Å². The van der Waals surface area contributed by atoms with Gasteiger partial charge in [0.1, 0.15) is 0 Å². The van der Waals surface area contributed by atoms with Gasteiger partial charge in [0.15, 0.2) is 5.13 Å². The van der Waals surface area contributed by atoms with E-state index in [-0.39, 0.29) is 0 Å². The minimum absolute atomic E-state index is 0.370. The van der Waals surface area contributed by atoms with E-state index in [0.717, 1.165) is 38.7 Å². The van der Waals surface area contributed by atoms with Gasteiger partial charge in [0.05, 0.1) is 16.9 Å². The summed E-state index contributed by atoms with van der Waals surface area (Å²) in [7, 11) is 0. The van der Waals surface area contributed by atoms with Crippen molar-refractivity contribution in [2.24, 2.45) is 10.7 Å². The first-order valence-electron chi connectivity index (χ1n) is 8.59. The Bertz CT molecular complexity index is 1120. The number of nitrogens with two attached hydrogens (primary N) is 1. The van der Waals surface area contributed by atoms with E-state index in [1.165, 1.54) is 11.3 Å². The van der Waals surface area contributed by atoms with Crippen LogP contribution < -0.4 is 10.6 Å². The van der Waals surface area contributed by atoms with Crippen LogP contribution in [0.1, 0.15) is 11.3 Å². The number of nitrogens with zero attached hydrogens (tertiary/aromatic N) is 4. The molecule has 0 unspecified atom stereocenters. The highest BCUT2D eigenvalue weighted by Crippen LogP contribution is 2.34. The summed E-state index contributed by atoms with van der Waals surface area (Å²) in [5.74, 6) is 0.370. The fourth-order valence-corrected chi connectivity index (χ4v) is 3.65. The van der Waals surface area contributed by atoms with Gasteiger partial charge in [0.25, 0.3) is 0 Å². The first kappa shape index (κ1) is 17.2. The summed E-state index contributed by atoms with van der Waals surface area (Å²) in [4.78, 5) is 15.7. The van der Waals surface area contributed by atoms with E-state index in [4.69, 9.17) is 10.7 Å². The van der Waals surface area contributed by atoms with E-state index in [1.807, 2.05) is 78.7 Å². The number of fused-ring (bicyclic) bond motifs is 1. The molecule has 0 aliphatic carbocycles. The highest BCUT2D eigenvalue weighted by Gasteiger charge is 2.20. The number of aryl methyl sites for hydroxylation is 2. The van der Waals surface area contributed by atoms with Crippen LogP contribution in [0, 0.1) is 13.8 Å². The zero-order valence-electron chi connectivity index (χ0n) is 15.1. The third kappa shape index (κ3) is 3.39. The van der Waals surface area contributed by atoms with Crippen molar-refractivity contribution in [3.05, 3.63) is 77.4 Å². The highest BCUT2D eigenvalue weighted by atomic mass is 32.1. The number of pyridine rings is 1. The third-order valence-corrected chi connectivity index (χ3v) is 5.01. The Hall–Kier alpha value is -3.25. The summed E-state index contributed by atoms with van der Waals surface area (Å²) >= 11 is 1.52. The summed E-state index contributed by atoms with van der Waals surface area (Å²) in [5, 5.41) is 3.70. The number of benzene rings is 2. The van der Waals surface area contributed by atoms with E-state index in [1.54, 1.807) is 6.20 Å². The van der Waals surface area contributed by atoms with Crippen LogP contribution in [0.5, 0.6) is 0 Å². The predicted octanol–water partition coefficient (Wildman–Crippen LogP) is 5.09. The molecular formula is C21H19N5S. The average molecular weight is 373 g/mol. The first-order chi connectivity index (χ1) is 13.1. The molecule has 0 amide bonds. The molecule has 0 spiro atoms. The number of aliphatic imine (C=N–C) groups is 1. The average Bonchev–Trinajstić information content (AvgIpc) is 3.18. The van der Waals surface area contributed by atoms with Crippen molar-refractivity contribution in [3.8, 4) is 0 Å². The summed E-state index contributed by atoms with van der Waals surface area (Å²) in [6.07, 6.45) is 1.77. The van der Waals surface area contributed by atoms with E-state index < -0.39 is 0 Å². The van der Waals surface area contributed by atoms with Crippen LogP contribution in [0.4, 0.5) is 16.5 Å². The molecule has 4 aromatic rings. The van der Waals surface area contributed by atoms with E-state index in [9.17, 15) is 0 Å². The quantitative estimate of drug-likeness (QED) is 0.401. The van der Waals surface area contributed by atoms with Crippen LogP contribution in [-0.2, 0) is 0 Å². The standard InChI is InChI=1S/C21H19N5S/c1-14-7-3-5-9-17(14)25-20(22)26(21-23-11-12-27-21)19-13-15(2)24-18-10-6-4-8-16(18)19/h3-13H,1-2H3,(H2,22,25). The van der Waals surface area contributed by atoms with E-state index in [2.05, 4.69) is 9.97 Å². The molecule has 0 aliphatic rings. The Morgan fingerprint density at radius 1 is 1.07 bits per heavy atom.